The average molecular weight is 314 g/mol. The van der Waals surface area contributed by atoms with E-state index < -0.39 is 11.9 Å². The molecule has 1 amide bonds. The Labute approximate surface area is 130 Å². The highest BCUT2D eigenvalue weighted by molar-refractivity contribution is 5.85. The lowest BCUT2D eigenvalue weighted by Crippen LogP contribution is -2.31. The van der Waals surface area contributed by atoms with Crippen molar-refractivity contribution >= 4 is 24.3 Å². The minimum atomic E-state index is -0.818. The van der Waals surface area contributed by atoms with Crippen LogP contribution >= 0.6 is 12.4 Å². The molecule has 21 heavy (non-hydrogen) atoms. The van der Waals surface area contributed by atoms with Gasteiger partial charge >= 0.3 is 5.97 Å². The summed E-state index contributed by atoms with van der Waals surface area (Å²) in [5.41, 5.74) is 0.914. The average Bonchev–Trinajstić information content (AvgIpc) is 2.91. The number of carboxylic acid groups (broad SMARTS) is 1. The number of benzene rings is 1. The normalized spacial score (nSPS) is 17.2. The van der Waals surface area contributed by atoms with Crippen molar-refractivity contribution in [2.75, 3.05) is 19.7 Å². The highest BCUT2D eigenvalue weighted by atomic mass is 35.5. The second kappa shape index (κ2) is 7.88. The molecule has 1 unspecified atom stereocenters. The summed E-state index contributed by atoms with van der Waals surface area (Å²) in [6.07, 6.45) is 0.850. The van der Waals surface area contributed by atoms with Crippen molar-refractivity contribution in [3.05, 3.63) is 29.8 Å². The monoisotopic (exact) mass is 313 g/mol. The number of hydrogen-bond acceptors (Lipinski definition) is 3. The first-order valence-corrected chi connectivity index (χ1v) is 6.82. The molecule has 1 aromatic rings. The third-order valence-electron chi connectivity index (χ3n) is 3.48. The fourth-order valence-corrected chi connectivity index (χ4v) is 2.34. The van der Waals surface area contributed by atoms with Crippen LogP contribution in [0.3, 0.4) is 0 Å². The molecular formula is C15H20ClNO4. The van der Waals surface area contributed by atoms with Crippen molar-refractivity contribution in [1.29, 1.82) is 0 Å². The van der Waals surface area contributed by atoms with Crippen LogP contribution in [0.15, 0.2) is 24.3 Å². The smallest absolute Gasteiger partial charge is 0.308 e. The van der Waals surface area contributed by atoms with Crippen molar-refractivity contribution in [3.8, 4) is 5.75 Å². The zero-order chi connectivity index (χ0) is 14.5. The number of likely N-dealkylation sites (tertiary alicyclic amines) is 1. The maximum absolute atomic E-state index is 12.1. The second-order valence-electron chi connectivity index (χ2n) is 4.92. The summed E-state index contributed by atoms with van der Waals surface area (Å²) in [4.78, 5) is 24.6. The molecule has 116 valence electrons. The molecule has 6 heteroatoms. The highest BCUT2D eigenvalue weighted by Gasteiger charge is 2.30. The molecule has 0 radical (unpaired) electrons. The molecule has 1 fully saturated rings. The Hall–Kier alpha value is -1.75. The van der Waals surface area contributed by atoms with Crippen LogP contribution in [0.4, 0.5) is 0 Å². The summed E-state index contributed by atoms with van der Waals surface area (Å²) in [7, 11) is 0. The SMILES string of the molecule is CCOc1ccc(CC(=O)N2CCC(C(=O)O)C2)cc1.Cl. The third-order valence-corrected chi connectivity index (χ3v) is 3.48. The van der Waals surface area contributed by atoms with Gasteiger partial charge in [-0.25, -0.2) is 0 Å². The molecule has 0 spiro atoms. The van der Waals surface area contributed by atoms with Crippen LogP contribution in [0.5, 0.6) is 5.75 Å². The van der Waals surface area contributed by atoms with Crippen LogP contribution < -0.4 is 4.74 Å². The van der Waals surface area contributed by atoms with E-state index in [0.717, 1.165) is 11.3 Å². The van der Waals surface area contributed by atoms with Crippen LogP contribution in [0, 0.1) is 5.92 Å². The van der Waals surface area contributed by atoms with Crippen LogP contribution in [0.1, 0.15) is 18.9 Å². The Balaban J connectivity index is 0.00000220. The Morgan fingerprint density at radius 1 is 1.33 bits per heavy atom. The largest absolute Gasteiger partial charge is 0.494 e. The van der Waals surface area contributed by atoms with E-state index in [1.807, 2.05) is 31.2 Å². The van der Waals surface area contributed by atoms with Gasteiger partial charge < -0.3 is 14.7 Å². The van der Waals surface area contributed by atoms with Gasteiger partial charge in [0, 0.05) is 13.1 Å². The van der Waals surface area contributed by atoms with Gasteiger partial charge in [0.25, 0.3) is 0 Å². The van der Waals surface area contributed by atoms with Gasteiger partial charge in [-0.1, -0.05) is 12.1 Å². The molecule has 0 bridgehead atoms. The molecule has 1 aliphatic heterocycles. The van der Waals surface area contributed by atoms with Crippen LogP contribution in [-0.4, -0.2) is 41.6 Å². The quantitative estimate of drug-likeness (QED) is 0.902. The van der Waals surface area contributed by atoms with E-state index in [2.05, 4.69) is 0 Å². The number of halogens is 1. The van der Waals surface area contributed by atoms with Gasteiger partial charge in [0.1, 0.15) is 5.75 Å². The maximum Gasteiger partial charge on any atom is 0.308 e. The zero-order valence-corrected chi connectivity index (χ0v) is 12.8. The predicted octanol–water partition coefficient (Wildman–Crippen LogP) is 1.98. The molecule has 1 heterocycles. The number of carbonyl (C=O) groups is 2. The molecule has 2 rings (SSSR count). The number of aliphatic carboxylic acids is 1. The molecule has 1 saturated heterocycles. The molecule has 1 N–H and O–H groups in total. The first kappa shape index (κ1) is 17.3. The van der Waals surface area contributed by atoms with Crippen LogP contribution in [-0.2, 0) is 16.0 Å². The van der Waals surface area contributed by atoms with E-state index >= 15 is 0 Å². The van der Waals surface area contributed by atoms with Gasteiger partial charge in [-0.3, -0.25) is 9.59 Å². The van der Waals surface area contributed by atoms with E-state index in [1.54, 1.807) is 4.90 Å². The van der Waals surface area contributed by atoms with E-state index in [4.69, 9.17) is 9.84 Å². The van der Waals surface area contributed by atoms with Gasteiger partial charge in [-0.2, -0.15) is 0 Å². The third kappa shape index (κ3) is 4.63. The summed E-state index contributed by atoms with van der Waals surface area (Å²) in [6.45, 7) is 3.39. The molecular weight excluding hydrogens is 294 g/mol. The van der Waals surface area contributed by atoms with Crippen molar-refractivity contribution < 1.29 is 19.4 Å². The molecule has 0 saturated carbocycles. The first-order chi connectivity index (χ1) is 9.60. The van der Waals surface area contributed by atoms with Crippen molar-refractivity contribution in [2.45, 2.75) is 19.8 Å². The number of nitrogens with zero attached hydrogens (tertiary/aromatic N) is 1. The number of rotatable bonds is 5. The Bertz CT molecular complexity index is 489. The van der Waals surface area contributed by atoms with Gasteiger partial charge in [0.15, 0.2) is 0 Å². The topological polar surface area (TPSA) is 66.8 Å². The molecule has 0 aliphatic carbocycles. The minimum Gasteiger partial charge on any atom is -0.494 e. The lowest BCUT2D eigenvalue weighted by molar-refractivity contribution is -0.141. The predicted molar refractivity (Wildman–Crippen MR) is 80.9 cm³/mol. The number of carboxylic acids is 1. The number of ether oxygens (including phenoxy) is 1. The number of amides is 1. The Morgan fingerprint density at radius 2 is 2.00 bits per heavy atom. The maximum atomic E-state index is 12.1. The van der Waals surface area contributed by atoms with Crippen molar-refractivity contribution in [2.24, 2.45) is 5.92 Å². The molecule has 0 aromatic heterocycles. The van der Waals surface area contributed by atoms with E-state index in [-0.39, 0.29) is 18.3 Å². The molecule has 1 aliphatic rings. The second-order valence-corrected chi connectivity index (χ2v) is 4.92. The summed E-state index contributed by atoms with van der Waals surface area (Å²) >= 11 is 0. The van der Waals surface area contributed by atoms with Gasteiger partial charge in [0.05, 0.1) is 18.9 Å². The fourth-order valence-electron chi connectivity index (χ4n) is 2.34. The van der Waals surface area contributed by atoms with Crippen molar-refractivity contribution in [1.82, 2.24) is 4.90 Å². The van der Waals surface area contributed by atoms with Gasteiger partial charge in [0.2, 0.25) is 5.91 Å². The van der Waals surface area contributed by atoms with Gasteiger partial charge in [-0.05, 0) is 31.0 Å². The summed E-state index contributed by atoms with van der Waals surface area (Å²) in [6, 6.07) is 7.42. The summed E-state index contributed by atoms with van der Waals surface area (Å²) in [5.74, 6) is -0.464. The highest BCUT2D eigenvalue weighted by Crippen LogP contribution is 2.18. The Kier molecular flexibility index (Phi) is 6.49. The van der Waals surface area contributed by atoms with E-state index in [9.17, 15) is 9.59 Å². The summed E-state index contributed by atoms with van der Waals surface area (Å²) in [5, 5.41) is 8.93. The number of hydrogen-bond donors (Lipinski definition) is 1. The fraction of sp³-hybridized carbons (Fsp3) is 0.467. The lowest BCUT2D eigenvalue weighted by atomic mass is 10.1. The van der Waals surface area contributed by atoms with Gasteiger partial charge in [-0.15, -0.1) is 12.4 Å². The van der Waals surface area contributed by atoms with Crippen LogP contribution in [0.25, 0.3) is 0 Å². The first-order valence-electron chi connectivity index (χ1n) is 6.82. The van der Waals surface area contributed by atoms with E-state index in [0.29, 0.717) is 32.5 Å². The zero-order valence-electron chi connectivity index (χ0n) is 11.9. The molecule has 1 aromatic carbocycles. The van der Waals surface area contributed by atoms with Crippen LogP contribution in [0.2, 0.25) is 0 Å². The van der Waals surface area contributed by atoms with Crippen molar-refractivity contribution in [3.63, 3.8) is 0 Å². The lowest BCUT2D eigenvalue weighted by Gasteiger charge is -2.15. The standard InChI is InChI=1S/C15H19NO4.ClH/c1-2-20-13-5-3-11(4-6-13)9-14(17)16-8-7-12(10-16)15(18)19;/h3-6,12H,2,7-10H2,1H3,(H,18,19);1H. The Morgan fingerprint density at radius 3 is 2.52 bits per heavy atom. The number of carbonyl (C=O) groups excluding carboxylic acids is 1. The molecule has 1 atom stereocenters. The minimum absolute atomic E-state index is 0. The summed E-state index contributed by atoms with van der Waals surface area (Å²) < 4.78 is 5.35. The van der Waals surface area contributed by atoms with E-state index in [1.165, 1.54) is 0 Å². The molecule has 5 nitrogen and oxygen atoms in total.